The molecule has 0 saturated carbocycles. The monoisotopic (exact) mass is 477 g/mol. The molecule has 172 valence electrons. The molecule has 35 heavy (non-hydrogen) atoms. The van der Waals surface area contributed by atoms with Crippen molar-refractivity contribution < 1.29 is 4.74 Å². The van der Waals surface area contributed by atoms with Gasteiger partial charge in [0.2, 0.25) is 0 Å². The summed E-state index contributed by atoms with van der Waals surface area (Å²) in [6.45, 7) is 1.16. The Morgan fingerprint density at radius 2 is 1.77 bits per heavy atom. The van der Waals surface area contributed by atoms with E-state index >= 15 is 0 Å². The zero-order valence-electron chi connectivity index (χ0n) is 19.3. The Kier molecular flexibility index (Phi) is 6.85. The van der Waals surface area contributed by atoms with Gasteiger partial charge in [0.1, 0.15) is 0 Å². The zero-order chi connectivity index (χ0) is 24.0. The summed E-state index contributed by atoms with van der Waals surface area (Å²) >= 11 is 1.60. The zero-order valence-corrected chi connectivity index (χ0v) is 20.1. The molecule has 5 rings (SSSR count). The minimum absolute atomic E-state index is 0.539. The van der Waals surface area contributed by atoms with Crippen molar-refractivity contribution in [3.8, 4) is 28.7 Å². The number of rotatable bonds is 8. The van der Waals surface area contributed by atoms with Gasteiger partial charge in [-0.1, -0.05) is 72.4 Å². The Labute approximate surface area is 208 Å². The third-order valence-corrected chi connectivity index (χ3v) is 6.72. The van der Waals surface area contributed by atoms with Gasteiger partial charge in [0.25, 0.3) is 0 Å². The van der Waals surface area contributed by atoms with Crippen LogP contribution >= 0.6 is 11.8 Å². The molecular formula is C28H23N5OS. The summed E-state index contributed by atoms with van der Waals surface area (Å²) in [5.41, 5.74) is 5.56. The molecule has 0 spiro atoms. The number of nitrogens with zero attached hydrogens (tertiary/aromatic N) is 5. The van der Waals surface area contributed by atoms with Crippen molar-refractivity contribution in [2.45, 2.75) is 17.5 Å². The second-order valence-electron chi connectivity index (χ2n) is 7.99. The van der Waals surface area contributed by atoms with Crippen molar-refractivity contribution in [3.63, 3.8) is 0 Å². The van der Waals surface area contributed by atoms with Crippen molar-refractivity contribution >= 4 is 22.7 Å². The molecule has 3 aromatic carbocycles. The molecule has 2 heterocycles. The van der Waals surface area contributed by atoms with Crippen LogP contribution in [0.25, 0.3) is 33.5 Å². The van der Waals surface area contributed by atoms with Crippen molar-refractivity contribution in [1.29, 1.82) is 5.26 Å². The lowest BCUT2D eigenvalue weighted by Crippen LogP contribution is -2.08. The van der Waals surface area contributed by atoms with Gasteiger partial charge in [-0.2, -0.15) is 5.26 Å². The Hall–Kier alpha value is -3.99. The van der Waals surface area contributed by atoms with Crippen LogP contribution in [0.4, 0.5) is 0 Å². The van der Waals surface area contributed by atoms with Gasteiger partial charge in [0, 0.05) is 29.4 Å². The molecule has 0 unspecified atom stereocenters. The standard InChI is InChI=1S/C28H23N5OS/c1-34-15-14-33-27(31-32-28(33)35-19-21-9-7-8-20(16-21)18-29)24-17-26(22-10-3-2-4-11-22)30-25-13-6-5-12-23(24)25/h2-13,16-17H,14-15,19H2,1H3. The molecule has 0 fully saturated rings. The first-order valence-corrected chi connectivity index (χ1v) is 12.2. The molecule has 0 amide bonds. The molecule has 6 nitrogen and oxygen atoms in total. The van der Waals surface area contributed by atoms with Gasteiger partial charge in [-0.3, -0.25) is 4.57 Å². The molecular weight excluding hydrogens is 454 g/mol. The van der Waals surface area contributed by atoms with Crippen molar-refractivity contribution in [3.05, 3.63) is 96.1 Å². The normalized spacial score (nSPS) is 11.0. The van der Waals surface area contributed by atoms with E-state index in [4.69, 9.17) is 9.72 Å². The van der Waals surface area contributed by atoms with Crippen molar-refractivity contribution in [2.75, 3.05) is 13.7 Å². The highest BCUT2D eigenvalue weighted by atomic mass is 32.2. The number of thioether (sulfide) groups is 1. The predicted molar refractivity (Wildman–Crippen MR) is 139 cm³/mol. The van der Waals surface area contributed by atoms with E-state index in [1.54, 1.807) is 18.9 Å². The molecule has 0 aliphatic carbocycles. The highest BCUT2D eigenvalue weighted by molar-refractivity contribution is 7.98. The molecule has 0 radical (unpaired) electrons. The molecule has 0 aliphatic heterocycles. The van der Waals surface area contributed by atoms with Crippen LogP contribution in [0.2, 0.25) is 0 Å². The first kappa shape index (κ1) is 22.8. The number of fused-ring (bicyclic) bond motifs is 1. The number of pyridine rings is 1. The molecule has 0 N–H and O–H groups in total. The van der Waals surface area contributed by atoms with Crippen LogP contribution in [0.3, 0.4) is 0 Å². The largest absolute Gasteiger partial charge is 0.383 e. The number of benzene rings is 3. The van der Waals surface area contributed by atoms with E-state index in [2.05, 4.69) is 45.1 Å². The van der Waals surface area contributed by atoms with Crippen LogP contribution in [0.1, 0.15) is 11.1 Å². The first-order chi connectivity index (χ1) is 17.3. The van der Waals surface area contributed by atoms with E-state index in [9.17, 15) is 5.26 Å². The van der Waals surface area contributed by atoms with Crippen molar-refractivity contribution in [1.82, 2.24) is 19.7 Å². The fourth-order valence-electron chi connectivity index (χ4n) is 3.97. The third kappa shape index (κ3) is 4.94. The van der Waals surface area contributed by atoms with Crippen LogP contribution in [-0.2, 0) is 17.0 Å². The van der Waals surface area contributed by atoms with Gasteiger partial charge < -0.3 is 4.74 Å². The van der Waals surface area contributed by atoms with E-state index in [1.165, 1.54) is 0 Å². The Bertz CT molecular complexity index is 1510. The Balaban J connectivity index is 1.58. The van der Waals surface area contributed by atoms with E-state index in [0.717, 1.165) is 44.3 Å². The number of para-hydroxylation sites is 1. The minimum Gasteiger partial charge on any atom is -0.383 e. The molecule has 7 heteroatoms. The summed E-state index contributed by atoms with van der Waals surface area (Å²) in [5.74, 6) is 1.47. The molecule has 0 saturated heterocycles. The maximum absolute atomic E-state index is 9.21. The summed E-state index contributed by atoms with van der Waals surface area (Å²) in [7, 11) is 1.69. The Morgan fingerprint density at radius 3 is 2.60 bits per heavy atom. The van der Waals surface area contributed by atoms with Gasteiger partial charge >= 0.3 is 0 Å². The highest BCUT2D eigenvalue weighted by Crippen LogP contribution is 2.33. The first-order valence-electron chi connectivity index (χ1n) is 11.3. The molecule has 5 aromatic rings. The predicted octanol–water partition coefficient (Wildman–Crippen LogP) is 5.97. The summed E-state index contributed by atoms with van der Waals surface area (Å²) in [5, 5.41) is 20.2. The summed E-state index contributed by atoms with van der Waals surface area (Å²) < 4.78 is 7.51. The van der Waals surface area contributed by atoms with E-state index in [0.29, 0.717) is 24.5 Å². The number of ether oxygens (including phenoxy) is 1. The van der Waals surface area contributed by atoms with Gasteiger partial charge in [-0.25, -0.2) is 4.98 Å². The molecule has 2 aromatic heterocycles. The van der Waals surface area contributed by atoms with Crippen LogP contribution in [0, 0.1) is 11.3 Å². The van der Waals surface area contributed by atoms with Gasteiger partial charge in [-0.15, -0.1) is 10.2 Å². The lowest BCUT2D eigenvalue weighted by atomic mass is 10.0. The van der Waals surface area contributed by atoms with Gasteiger partial charge in [0.05, 0.1) is 36.0 Å². The van der Waals surface area contributed by atoms with Crippen molar-refractivity contribution in [2.24, 2.45) is 0 Å². The quantitative estimate of drug-likeness (QED) is 0.256. The molecule has 0 aliphatic rings. The van der Waals surface area contributed by atoms with Crippen LogP contribution in [0.5, 0.6) is 0 Å². The summed E-state index contributed by atoms with van der Waals surface area (Å²) in [6.07, 6.45) is 0. The van der Waals surface area contributed by atoms with Gasteiger partial charge in [-0.05, 0) is 29.8 Å². The molecule has 0 atom stereocenters. The number of methoxy groups -OCH3 is 1. The smallest absolute Gasteiger partial charge is 0.191 e. The maximum Gasteiger partial charge on any atom is 0.191 e. The average molecular weight is 478 g/mol. The van der Waals surface area contributed by atoms with Crippen LogP contribution in [-0.4, -0.2) is 33.5 Å². The fourth-order valence-corrected chi connectivity index (χ4v) is 4.88. The van der Waals surface area contributed by atoms with Gasteiger partial charge in [0.15, 0.2) is 11.0 Å². The second kappa shape index (κ2) is 10.5. The van der Waals surface area contributed by atoms with E-state index in [1.807, 2.05) is 60.7 Å². The van der Waals surface area contributed by atoms with E-state index < -0.39 is 0 Å². The average Bonchev–Trinajstić information content (AvgIpc) is 3.33. The lowest BCUT2D eigenvalue weighted by molar-refractivity contribution is 0.185. The fraction of sp³-hybridized carbons (Fsp3) is 0.143. The second-order valence-corrected chi connectivity index (χ2v) is 8.93. The topological polar surface area (TPSA) is 76.6 Å². The highest BCUT2D eigenvalue weighted by Gasteiger charge is 2.18. The van der Waals surface area contributed by atoms with Crippen LogP contribution < -0.4 is 0 Å². The number of nitriles is 1. The SMILES string of the molecule is COCCn1c(SCc2cccc(C#N)c2)nnc1-c1cc(-c2ccccc2)nc2ccccc12. The van der Waals surface area contributed by atoms with Crippen LogP contribution in [0.15, 0.2) is 90.1 Å². The number of hydrogen-bond acceptors (Lipinski definition) is 6. The maximum atomic E-state index is 9.21. The minimum atomic E-state index is 0.539. The number of aromatic nitrogens is 4. The summed E-state index contributed by atoms with van der Waals surface area (Å²) in [6, 6.07) is 30.2. The molecule has 0 bridgehead atoms. The third-order valence-electron chi connectivity index (χ3n) is 5.69. The summed E-state index contributed by atoms with van der Waals surface area (Å²) in [4.78, 5) is 4.91. The number of hydrogen-bond donors (Lipinski definition) is 0. The lowest BCUT2D eigenvalue weighted by Gasteiger charge is -2.13. The van der Waals surface area contributed by atoms with E-state index in [-0.39, 0.29) is 0 Å². The Morgan fingerprint density at radius 1 is 0.943 bits per heavy atom.